The minimum absolute atomic E-state index is 0.0482. The highest BCUT2D eigenvalue weighted by molar-refractivity contribution is 9.10. The second kappa shape index (κ2) is 8.98. The van der Waals surface area contributed by atoms with E-state index in [0.717, 1.165) is 10.5 Å². The molecule has 1 aliphatic heterocycles. The van der Waals surface area contributed by atoms with Gasteiger partial charge >= 0.3 is 5.97 Å². The summed E-state index contributed by atoms with van der Waals surface area (Å²) in [5, 5.41) is 20.3. The van der Waals surface area contributed by atoms with Crippen molar-refractivity contribution in [2.24, 2.45) is 17.8 Å². The molecule has 0 saturated carbocycles. The van der Waals surface area contributed by atoms with Crippen LogP contribution in [0.1, 0.15) is 41.6 Å². The molecule has 4 unspecified atom stereocenters. The number of hydrogen-bond acceptors (Lipinski definition) is 6. The van der Waals surface area contributed by atoms with Gasteiger partial charge in [-0.2, -0.15) is 0 Å². The molecule has 1 heterocycles. The van der Waals surface area contributed by atoms with Gasteiger partial charge in [-0.3, -0.25) is 24.1 Å². The third-order valence-electron chi connectivity index (χ3n) is 8.22. The lowest BCUT2D eigenvalue weighted by Gasteiger charge is -2.42. The number of phenolic OH excluding ortho intramolecular Hbond substituents is 1. The number of Topliss-reactive ketones (excluding diaryl/α,β-unsaturated/α-hetero) is 1. The number of fused-ring (bicyclic) bond motifs is 3. The van der Waals surface area contributed by atoms with Crippen LogP contribution in [-0.2, 0) is 19.2 Å². The molecule has 1 saturated heterocycles. The number of ketones is 2. The number of imide groups is 1. The molecule has 0 aromatic heterocycles. The number of nitrogens with zero attached hydrogens (tertiary/aromatic N) is 1. The first-order valence-electron chi connectivity index (χ1n) is 12.5. The van der Waals surface area contributed by atoms with Gasteiger partial charge in [0.05, 0.1) is 23.1 Å². The Hall–Kier alpha value is -4.11. The summed E-state index contributed by atoms with van der Waals surface area (Å²) < 4.78 is 0.673. The largest absolute Gasteiger partial charge is 0.508 e. The average Bonchev–Trinajstić information content (AvgIpc) is 3.17. The summed E-state index contributed by atoms with van der Waals surface area (Å²) in [6.45, 7) is 1.58. The number of carbonyl (C=O) groups is 5. The highest BCUT2D eigenvalue weighted by Crippen LogP contribution is 2.56. The third-order valence-corrected chi connectivity index (χ3v) is 8.71. The zero-order chi connectivity index (χ0) is 27.7. The van der Waals surface area contributed by atoms with E-state index >= 15 is 0 Å². The van der Waals surface area contributed by atoms with Crippen LogP contribution in [0.5, 0.6) is 5.75 Å². The van der Waals surface area contributed by atoms with Crippen LogP contribution in [0.15, 0.2) is 81.4 Å². The smallest absolute Gasteiger partial charge is 0.335 e. The molecule has 0 spiro atoms. The number of carboxylic acid groups (broad SMARTS) is 1. The number of carboxylic acids is 1. The highest BCUT2D eigenvalue weighted by Gasteiger charge is 2.56. The minimum Gasteiger partial charge on any atom is -0.508 e. The molecule has 2 aromatic rings. The Morgan fingerprint density at radius 3 is 2.54 bits per heavy atom. The van der Waals surface area contributed by atoms with Crippen LogP contribution in [0.4, 0.5) is 5.69 Å². The molecule has 1 fully saturated rings. The van der Waals surface area contributed by atoms with Crippen molar-refractivity contribution >= 4 is 51.0 Å². The third kappa shape index (κ3) is 3.75. The Morgan fingerprint density at radius 2 is 1.79 bits per heavy atom. The van der Waals surface area contributed by atoms with Crippen LogP contribution in [0.25, 0.3) is 0 Å². The van der Waals surface area contributed by atoms with E-state index in [4.69, 9.17) is 0 Å². The first-order chi connectivity index (χ1) is 18.6. The van der Waals surface area contributed by atoms with Crippen molar-refractivity contribution in [2.75, 3.05) is 4.90 Å². The number of halogens is 1. The number of amides is 2. The van der Waals surface area contributed by atoms with E-state index in [0.29, 0.717) is 26.8 Å². The topological polar surface area (TPSA) is 129 Å². The molecule has 3 aliphatic carbocycles. The van der Waals surface area contributed by atoms with E-state index in [1.807, 2.05) is 6.08 Å². The number of phenols is 1. The van der Waals surface area contributed by atoms with Gasteiger partial charge in [-0.25, -0.2) is 4.79 Å². The number of carbonyl (C=O) groups excluding carboxylic acids is 4. The molecule has 4 aliphatic rings. The van der Waals surface area contributed by atoms with Crippen LogP contribution in [0.2, 0.25) is 0 Å². The van der Waals surface area contributed by atoms with Gasteiger partial charge in [-0.1, -0.05) is 33.6 Å². The van der Waals surface area contributed by atoms with Crippen molar-refractivity contribution < 1.29 is 34.2 Å². The number of benzene rings is 2. The summed E-state index contributed by atoms with van der Waals surface area (Å²) in [5.74, 6) is -5.52. The highest BCUT2D eigenvalue weighted by atomic mass is 79.9. The number of aromatic hydroxyl groups is 1. The fraction of sp³-hybridized carbons (Fsp3) is 0.233. The molecule has 0 radical (unpaired) electrons. The summed E-state index contributed by atoms with van der Waals surface area (Å²) in [4.78, 5) is 66.7. The number of anilines is 1. The monoisotopic (exact) mass is 587 g/mol. The molecule has 4 atom stereocenters. The van der Waals surface area contributed by atoms with Crippen LogP contribution in [0.3, 0.4) is 0 Å². The Kier molecular flexibility index (Phi) is 5.80. The zero-order valence-corrected chi connectivity index (χ0v) is 22.3. The van der Waals surface area contributed by atoms with Crippen LogP contribution in [-0.4, -0.2) is 39.6 Å². The number of hydrogen-bond donors (Lipinski definition) is 2. The van der Waals surface area contributed by atoms with Crippen LogP contribution >= 0.6 is 15.9 Å². The Bertz CT molecular complexity index is 1630. The second-order valence-electron chi connectivity index (χ2n) is 10.3. The predicted molar refractivity (Wildman–Crippen MR) is 143 cm³/mol. The lowest BCUT2D eigenvalue weighted by molar-refractivity contribution is -0.123. The summed E-state index contributed by atoms with van der Waals surface area (Å²) in [6, 6.07) is 10.6. The van der Waals surface area contributed by atoms with Crippen molar-refractivity contribution in [3.05, 3.63) is 92.5 Å². The number of rotatable bonds is 3. The van der Waals surface area contributed by atoms with E-state index in [9.17, 15) is 34.2 Å². The molecule has 8 nitrogen and oxygen atoms in total. The molecule has 9 heteroatoms. The first kappa shape index (κ1) is 25.2. The van der Waals surface area contributed by atoms with Crippen molar-refractivity contribution in [3.63, 3.8) is 0 Å². The maximum atomic E-state index is 13.9. The van der Waals surface area contributed by atoms with E-state index in [1.165, 1.54) is 36.4 Å². The molecule has 2 aromatic carbocycles. The number of allylic oxidation sites excluding steroid dienone is 6. The van der Waals surface area contributed by atoms with Crippen molar-refractivity contribution in [2.45, 2.75) is 25.7 Å². The van der Waals surface area contributed by atoms with Gasteiger partial charge in [-0.05, 0) is 68.2 Å². The summed E-state index contributed by atoms with van der Waals surface area (Å²) in [5.41, 5.74) is 2.20. The fourth-order valence-corrected chi connectivity index (χ4v) is 6.88. The molecule has 0 bridgehead atoms. The molecular formula is C30H22BrNO7. The summed E-state index contributed by atoms with van der Waals surface area (Å²) in [7, 11) is 0. The van der Waals surface area contributed by atoms with E-state index in [1.54, 1.807) is 19.1 Å². The van der Waals surface area contributed by atoms with E-state index < -0.39 is 41.5 Å². The minimum atomic E-state index is -1.18. The zero-order valence-electron chi connectivity index (χ0n) is 20.7. The normalized spacial score (nSPS) is 26.2. The molecule has 2 amide bonds. The van der Waals surface area contributed by atoms with Gasteiger partial charge in [0.2, 0.25) is 11.8 Å². The molecular weight excluding hydrogens is 566 g/mol. The fourth-order valence-electron chi connectivity index (χ4n) is 6.51. The number of aromatic carboxylic acids is 1. The Balaban J connectivity index is 1.49. The van der Waals surface area contributed by atoms with Crippen LogP contribution < -0.4 is 4.90 Å². The quantitative estimate of drug-likeness (QED) is 0.307. The average molecular weight is 588 g/mol. The molecule has 196 valence electrons. The maximum absolute atomic E-state index is 13.9. The van der Waals surface area contributed by atoms with Gasteiger partial charge in [0.1, 0.15) is 5.75 Å². The van der Waals surface area contributed by atoms with Gasteiger partial charge in [0, 0.05) is 32.7 Å². The molecule has 2 N–H and O–H groups in total. The van der Waals surface area contributed by atoms with Gasteiger partial charge in [0.15, 0.2) is 11.6 Å². The first-order valence-corrected chi connectivity index (χ1v) is 13.3. The predicted octanol–water partition coefficient (Wildman–Crippen LogP) is 4.49. The van der Waals surface area contributed by atoms with Gasteiger partial charge < -0.3 is 10.2 Å². The van der Waals surface area contributed by atoms with Crippen molar-refractivity contribution in [1.29, 1.82) is 0 Å². The molecule has 39 heavy (non-hydrogen) atoms. The standard InChI is InChI=1S/C30H22BrNO7/c1-13-9-23(34)21-12-19-17(24(26(21)27(13)35)20-11-15(31)5-8-22(20)33)6-7-18-25(19)29(37)32(28(18)36)16-4-2-3-14(10-16)30(38)39/h2-6,8-11,18-19,24-25,33H,7,12H2,1H3,(H,38,39). The van der Waals surface area contributed by atoms with Gasteiger partial charge in [0.25, 0.3) is 0 Å². The second-order valence-corrected chi connectivity index (χ2v) is 11.2. The summed E-state index contributed by atoms with van der Waals surface area (Å²) >= 11 is 3.43. The Morgan fingerprint density at radius 1 is 1.03 bits per heavy atom. The lowest BCUT2D eigenvalue weighted by Crippen LogP contribution is -2.39. The Labute approximate surface area is 231 Å². The maximum Gasteiger partial charge on any atom is 0.335 e. The lowest BCUT2D eigenvalue weighted by atomic mass is 9.59. The van der Waals surface area contributed by atoms with E-state index in [-0.39, 0.29) is 41.4 Å². The van der Waals surface area contributed by atoms with Crippen LogP contribution in [0, 0.1) is 17.8 Å². The SMILES string of the molecule is CC1=CC(=O)C2=C(C1=O)C(c1cc(Br)ccc1O)C1=CCC3C(=O)N(c4cccc(C(=O)O)c4)C(=O)C3C1C2. The van der Waals surface area contributed by atoms with Crippen molar-refractivity contribution in [3.8, 4) is 5.75 Å². The molecule has 6 rings (SSSR count). The van der Waals surface area contributed by atoms with Gasteiger partial charge in [-0.15, -0.1) is 0 Å². The van der Waals surface area contributed by atoms with E-state index in [2.05, 4.69) is 15.9 Å². The van der Waals surface area contributed by atoms with Crippen molar-refractivity contribution in [1.82, 2.24) is 0 Å². The summed E-state index contributed by atoms with van der Waals surface area (Å²) in [6.07, 6.45) is 3.53.